The van der Waals surface area contributed by atoms with Gasteiger partial charge >= 0.3 is 0 Å². The van der Waals surface area contributed by atoms with Gasteiger partial charge in [0.25, 0.3) is 5.91 Å². The highest BCUT2D eigenvalue weighted by Gasteiger charge is 2.25. The number of rotatable bonds is 7. The normalized spacial score (nSPS) is 14.0. The Labute approximate surface area is 240 Å². The SMILES string of the molecule is Cl.O=C(c1cc(-c2cccs2)nc2ccccc12)N(CCCN1CCOCC1)c1nc2ccc(Cl)cc2s1. The van der Waals surface area contributed by atoms with Crippen molar-refractivity contribution in [2.45, 2.75) is 6.42 Å². The van der Waals surface area contributed by atoms with Crippen LogP contribution >= 0.6 is 46.7 Å². The second-order valence-electron chi connectivity index (χ2n) is 8.92. The van der Waals surface area contributed by atoms with E-state index >= 15 is 0 Å². The van der Waals surface area contributed by atoms with Gasteiger partial charge in [-0.15, -0.1) is 23.7 Å². The number of para-hydroxylation sites is 1. The Kier molecular flexibility index (Phi) is 8.57. The van der Waals surface area contributed by atoms with E-state index in [9.17, 15) is 4.79 Å². The van der Waals surface area contributed by atoms with Gasteiger partial charge in [0.2, 0.25) is 0 Å². The standard InChI is InChI=1S/C28H25ClN4O2S2.ClH/c29-19-8-9-23-26(17-19)37-28(31-23)33(11-4-10-32-12-14-35-15-13-32)27(34)21-18-24(25-7-3-16-36-25)30-22-6-2-1-5-20(21)22;/h1-3,5-9,16-18H,4,10-15H2;1H. The lowest BCUT2D eigenvalue weighted by atomic mass is 10.1. The molecule has 6 nitrogen and oxygen atoms in total. The summed E-state index contributed by atoms with van der Waals surface area (Å²) in [5, 5.41) is 4.21. The van der Waals surface area contributed by atoms with Crippen molar-refractivity contribution in [3.63, 3.8) is 0 Å². The van der Waals surface area contributed by atoms with Crippen LogP contribution in [0, 0.1) is 0 Å². The largest absolute Gasteiger partial charge is 0.379 e. The van der Waals surface area contributed by atoms with Gasteiger partial charge < -0.3 is 4.74 Å². The lowest BCUT2D eigenvalue weighted by Crippen LogP contribution is -2.39. The summed E-state index contributed by atoms with van der Waals surface area (Å²) >= 11 is 9.36. The number of aromatic nitrogens is 2. The highest BCUT2D eigenvalue weighted by atomic mass is 35.5. The van der Waals surface area contributed by atoms with E-state index in [0.717, 1.165) is 71.0 Å². The van der Waals surface area contributed by atoms with E-state index < -0.39 is 0 Å². The van der Waals surface area contributed by atoms with Gasteiger partial charge in [-0.3, -0.25) is 14.6 Å². The summed E-state index contributed by atoms with van der Waals surface area (Å²) in [6, 6.07) is 19.5. The van der Waals surface area contributed by atoms with Crippen molar-refractivity contribution in [2.75, 3.05) is 44.3 Å². The summed E-state index contributed by atoms with van der Waals surface area (Å²) in [5.74, 6) is -0.0662. The highest BCUT2D eigenvalue weighted by Crippen LogP contribution is 2.34. The number of nitrogens with zero attached hydrogens (tertiary/aromatic N) is 4. The van der Waals surface area contributed by atoms with Crippen LogP contribution in [-0.2, 0) is 4.74 Å². The molecular formula is C28H26Cl2N4O2S2. The second-order valence-corrected chi connectivity index (χ2v) is 11.3. The Hall–Kier alpha value is -2.59. The maximum absolute atomic E-state index is 14.3. The predicted molar refractivity (Wildman–Crippen MR) is 160 cm³/mol. The van der Waals surface area contributed by atoms with Gasteiger partial charge in [-0.2, -0.15) is 0 Å². The molecule has 0 radical (unpaired) electrons. The van der Waals surface area contributed by atoms with E-state index in [0.29, 0.717) is 22.3 Å². The van der Waals surface area contributed by atoms with Gasteiger partial charge in [-0.1, -0.05) is 47.2 Å². The van der Waals surface area contributed by atoms with E-state index in [1.165, 1.54) is 11.3 Å². The molecule has 0 atom stereocenters. The van der Waals surface area contributed by atoms with Crippen LogP contribution in [0.3, 0.4) is 0 Å². The van der Waals surface area contributed by atoms with Crippen molar-refractivity contribution >= 4 is 78.8 Å². The molecule has 0 bridgehead atoms. The Morgan fingerprint density at radius 2 is 1.87 bits per heavy atom. The van der Waals surface area contributed by atoms with Crippen molar-refractivity contribution in [1.29, 1.82) is 0 Å². The summed E-state index contributed by atoms with van der Waals surface area (Å²) in [6.07, 6.45) is 0.837. The number of morpholine rings is 1. The molecule has 38 heavy (non-hydrogen) atoms. The molecule has 0 spiro atoms. The molecule has 0 aliphatic carbocycles. The van der Waals surface area contributed by atoms with E-state index in [4.69, 9.17) is 26.3 Å². The van der Waals surface area contributed by atoms with E-state index in [1.807, 2.05) is 70.9 Å². The smallest absolute Gasteiger partial charge is 0.260 e. The maximum atomic E-state index is 14.3. The fraction of sp³-hybridized carbons (Fsp3) is 0.250. The first-order valence-electron chi connectivity index (χ1n) is 12.3. The Morgan fingerprint density at radius 3 is 2.68 bits per heavy atom. The number of ether oxygens (including phenoxy) is 1. The van der Waals surface area contributed by atoms with E-state index in [2.05, 4.69) is 4.90 Å². The van der Waals surface area contributed by atoms with Gasteiger partial charge in [-0.05, 0) is 48.2 Å². The zero-order chi connectivity index (χ0) is 25.2. The van der Waals surface area contributed by atoms with Gasteiger partial charge in [-0.25, -0.2) is 9.97 Å². The number of halogens is 2. The lowest BCUT2D eigenvalue weighted by Gasteiger charge is -2.28. The lowest BCUT2D eigenvalue weighted by molar-refractivity contribution is 0.0376. The molecule has 3 aromatic heterocycles. The van der Waals surface area contributed by atoms with Gasteiger partial charge in [0, 0.05) is 36.6 Å². The Bertz CT molecular complexity index is 1550. The summed E-state index contributed by atoms with van der Waals surface area (Å²) in [7, 11) is 0. The average molecular weight is 586 g/mol. The van der Waals surface area contributed by atoms with Gasteiger partial charge in [0.1, 0.15) is 0 Å². The monoisotopic (exact) mass is 584 g/mol. The zero-order valence-electron chi connectivity index (χ0n) is 20.5. The van der Waals surface area contributed by atoms with Crippen LogP contribution in [0.2, 0.25) is 5.02 Å². The average Bonchev–Trinajstić information content (AvgIpc) is 3.61. The van der Waals surface area contributed by atoms with Crippen molar-refractivity contribution < 1.29 is 9.53 Å². The summed E-state index contributed by atoms with van der Waals surface area (Å²) in [6.45, 7) is 4.83. The first-order chi connectivity index (χ1) is 18.2. The Morgan fingerprint density at radius 1 is 1.03 bits per heavy atom. The van der Waals surface area contributed by atoms with Crippen LogP contribution in [-0.4, -0.2) is 60.2 Å². The molecule has 10 heteroatoms. The fourth-order valence-electron chi connectivity index (χ4n) is 4.61. The number of fused-ring (bicyclic) bond motifs is 2. The molecule has 196 valence electrons. The second kappa shape index (κ2) is 12.1. The van der Waals surface area contributed by atoms with Gasteiger partial charge in [0.15, 0.2) is 5.13 Å². The molecule has 1 amide bonds. The molecule has 5 aromatic rings. The van der Waals surface area contributed by atoms with Crippen LogP contribution in [0.15, 0.2) is 66.0 Å². The van der Waals surface area contributed by atoms with Crippen LogP contribution < -0.4 is 4.90 Å². The molecule has 1 aliphatic heterocycles. The van der Waals surface area contributed by atoms with Crippen molar-refractivity contribution in [3.8, 4) is 10.6 Å². The minimum Gasteiger partial charge on any atom is -0.379 e. The predicted octanol–water partition coefficient (Wildman–Crippen LogP) is 7.02. The number of carbonyl (C=O) groups is 1. The molecule has 0 unspecified atom stereocenters. The van der Waals surface area contributed by atoms with Gasteiger partial charge in [0.05, 0.1) is 45.1 Å². The molecular weight excluding hydrogens is 559 g/mol. The number of carbonyl (C=O) groups excluding carboxylic acids is 1. The number of pyridine rings is 1. The number of hydrogen-bond donors (Lipinski definition) is 0. The third-order valence-corrected chi connectivity index (χ3v) is 8.66. The van der Waals surface area contributed by atoms with E-state index in [-0.39, 0.29) is 18.3 Å². The molecule has 0 N–H and O–H groups in total. The third-order valence-electron chi connectivity index (χ3n) is 6.50. The van der Waals surface area contributed by atoms with Crippen LogP contribution in [0.25, 0.3) is 31.7 Å². The summed E-state index contributed by atoms with van der Waals surface area (Å²) < 4.78 is 6.45. The molecule has 1 aliphatic rings. The number of thiazole rings is 1. The van der Waals surface area contributed by atoms with Crippen LogP contribution in [0.1, 0.15) is 16.8 Å². The topological polar surface area (TPSA) is 58.6 Å². The first-order valence-corrected chi connectivity index (χ1v) is 14.3. The zero-order valence-corrected chi connectivity index (χ0v) is 23.7. The molecule has 1 fully saturated rings. The highest BCUT2D eigenvalue weighted by molar-refractivity contribution is 7.22. The number of amides is 1. The van der Waals surface area contributed by atoms with Crippen molar-refractivity contribution in [2.24, 2.45) is 0 Å². The number of benzene rings is 2. The number of hydrogen-bond acceptors (Lipinski definition) is 7. The van der Waals surface area contributed by atoms with Crippen LogP contribution in [0.4, 0.5) is 5.13 Å². The molecule has 6 rings (SSSR count). The molecule has 2 aromatic carbocycles. The third kappa shape index (κ3) is 5.71. The van der Waals surface area contributed by atoms with Crippen molar-refractivity contribution in [1.82, 2.24) is 14.9 Å². The minimum absolute atomic E-state index is 0. The fourth-order valence-corrected chi connectivity index (χ4v) is 6.56. The number of anilines is 1. The molecule has 0 saturated carbocycles. The summed E-state index contributed by atoms with van der Waals surface area (Å²) in [5.41, 5.74) is 3.09. The minimum atomic E-state index is -0.0662. The quantitative estimate of drug-likeness (QED) is 0.206. The van der Waals surface area contributed by atoms with Crippen LogP contribution in [0.5, 0.6) is 0 Å². The van der Waals surface area contributed by atoms with E-state index in [1.54, 1.807) is 11.3 Å². The molecule has 1 saturated heterocycles. The van der Waals surface area contributed by atoms with Crippen molar-refractivity contribution in [3.05, 3.63) is 76.6 Å². The Balaban J connectivity index is 0.00000294. The summed E-state index contributed by atoms with van der Waals surface area (Å²) in [4.78, 5) is 29.3. The maximum Gasteiger partial charge on any atom is 0.260 e. The molecule has 4 heterocycles. The number of thiophene rings is 1. The first kappa shape index (κ1) is 27.0.